The normalized spacial score (nSPS) is 14.4. The number of aliphatic hydroxyl groups is 1. The number of aromatic amines is 2. The number of carbonyl (C=O) groups excluding carboxylic acids is 13. The number of benzene rings is 3. The Morgan fingerprint density at radius 1 is 0.509 bits per heavy atom. The number of rotatable bonds is 47. The number of carbonyl (C=O) groups is 13. The highest BCUT2D eigenvalue weighted by atomic mass is 16.3. The van der Waals surface area contributed by atoms with Crippen LogP contribution in [-0.2, 0) is 88.0 Å². The van der Waals surface area contributed by atoms with Crippen LogP contribution >= 0.6 is 0 Å². The van der Waals surface area contributed by atoms with Crippen molar-refractivity contribution in [3.05, 3.63) is 114 Å². The lowest BCUT2D eigenvalue weighted by molar-refractivity contribution is -0.143. The second kappa shape index (κ2) is 44.3. The first-order chi connectivity index (χ1) is 52.9. The molecule has 610 valence electrons. The van der Waals surface area contributed by atoms with Gasteiger partial charge in [-0.3, -0.25) is 73.1 Å². The maximum absolute atomic E-state index is 15.0. The zero-order valence-electron chi connectivity index (χ0n) is 63.6. The Morgan fingerprint density at radius 3 is 1.53 bits per heavy atom. The van der Waals surface area contributed by atoms with Gasteiger partial charge >= 0.3 is 0 Å². The van der Waals surface area contributed by atoms with E-state index >= 15 is 0 Å². The van der Waals surface area contributed by atoms with Crippen molar-refractivity contribution < 1.29 is 77.6 Å². The molecule has 0 bridgehead atoms. The largest absolute Gasteiger partial charge is 0.508 e. The highest BCUT2D eigenvalue weighted by molar-refractivity contribution is 6.01. The molecule has 5 aromatic rings. The lowest BCUT2D eigenvalue weighted by atomic mass is 9.99. The van der Waals surface area contributed by atoms with E-state index in [1.807, 2.05) is 0 Å². The number of hydrogen-bond acceptors (Lipinski definition) is 20. The molecule has 0 fully saturated rings. The van der Waals surface area contributed by atoms with E-state index in [9.17, 15) is 77.6 Å². The molecular weight excluding hydrogens is 1450 g/mol. The van der Waals surface area contributed by atoms with Crippen LogP contribution in [0.5, 0.6) is 11.5 Å². The lowest BCUT2D eigenvalue weighted by Crippen LogP contribution is -2.63. The van der Waals surface area contributed by atoms with Crippen molar-refractivity contribution in [2.24, 2.45) is 40.5 Å². The second-order valence-electron chi connectivity index (χ2n) is 27.9. The Balaban J connectivity index is 1.42. The number of phenolic OH excluding ortho intramolecular Hbond substituents is 2. The molecule has 0 spiro atoms. The number of hydrogen-bond donors (Lipinski definition) is 24. The van der Waals surface area contributed by atoms with Gasteiger partial charge in [-0.25, -0.2) is 4.98 Å². The summed E-state index contributed by atoms with van der Waals surface area (Å²) in [7, 11) is 2.76. The van der Waals surface area contributed by atoms with Gasteiger partial charge in [0.1, 0.15) is 71.9 Å². The summed E-state index contributed by atoms with van der Waals surface area (Å²) in [5.74, 6) is -14.9. The molecule has 3 aromatic carbocycles. The Labute approximate surface area is 646 Å². The van der Waals surface area contributed by atoms with E-state index in [0.717, 1.165) is 11.8 Å². The van der Waals surface area contributed by atoms with Crippen LogP contribution in [-0.4, -0.2) is 224 Å². The smallest absolute Gasteiger partial charge is 0.245 e. The average Bonchev–Trinajstić information content (AvgIpc) is 1.73. The molecule has 0 unspecified atom stereocenters. The van der Waals surface area contributed by atoms with Crippen molar-refractivity contribution >= 4 is 99.6 Å². The summed E-state index contributed by atoms with van der Waals surface area (Å²) in [6, 6.07) is 1.72. The fourth-order valence-electron chi connectivity index (χ4n) is 12.0. The van der Waals surface area contributed by atoms with Gasteiger partial charge in [-0.15, -0.1) is 0 Å². The van der Waals surface area contributed by atoms with Crippen molar-refractivity contribution in [2.75, 3.05) is 27.2 Å². The molecule has 13 amide bonds. The molecule has 39 heteroatoms. The van der Waals surface area contributed by atoms with Crippen molar-refractivity contribution in [1.29, 1.82) is 10.8 Å². The van der Waals surface area contributed by atoms with Crippen LogP contribution in [0.25, 0.3) is 10.9 Å². The van der Waals surface area contributed by atoms with Crippen molar-refractivity contribution in [2.45, 2.75) is 184 Å². The molecule has 39 nitrogen and oxygen atoms in total. The van der Waals surface area contributed by atoms with E-state index in [1.165, 1.54) is 63.6 Å². The molecular formula is C73H107N23O16. The van der Waals surface area contributed by atoms with Gasteiger partial charge in [0.25, 0.3) is 0 Å². The standard InChI is InChI=1S/C73H107N23O16/c1-37(2)28-52(90-65(106)53(30-41-18-22-45(99)23-19-41)91-63(104)51(81-6)32-43-35-82-36-86-43)64(105)93-55(33-58(75)101)66(107)92-54(31-42-34-85-47-13-9-8-12-46(42)47)67(108)94-59(38(3)4)69(110)95-60(39(5)97)70(111)87-48(14-10-26-83-72(77)78)62(103)88-49(24-25-57(74)100)71(112)96(7)56(15-11-27-84-73(79)80)68(109)89-50(61(76)102)29-40-16-20-44(98)21-17-40/h8-9,12-13,16-23,34-39,48-56,59-60,81,85,97-99H,10-11,14-15,24-33H2,1-7H3,(H2,74,100)(H2,75,101)(H2,76,102)(H,82,86)(H,87,111)(H,88,103)(H,89,109)(H,90,106)(H,91,104)(H,92,107)(H,93,105)(H,94,108)(H,95,110)(H4,77,78,83)(H4,79,80,84)/t39-,48+,49+,50+,51+,52+,53+,54+,55+,56+,59+,60+/m1/s1. The minimum absolute atomic E-state index is 0.0193. The predicted octanol–water partition coefficient (Wildman–Crippen LogP) is -4.41. The minimum atomic E-state index is -1.93. The van der Waals surface area contributed by atoms with Crippen LogP contribution in [0.4, 0.5) is 0 Å². The number of guanidine groups is 2. The van der Waals surface area contributed by atoms with Gasteiger partial charge in [-0.05, 0) is 111 Å². The van der Waals surface area contributed by atoms with E-state index in [1.54, 1.807) is 69.7 Å². The van der Waals surface area contributed by atoms with Crippen molar-refractivity contribution in [1.82, 2.24) is 83.7 Å². The number of aromatic hydroxyl groups is 2. The number of imidazole rings is 1. The number of aliphatic hydroxyl groups excluding tert-OH is 1. The van der Waals surface area contributed by atoms with Crippen molar-refractivity contribution in [3.63, 3.8) is 0 Å². The van der Waals surface area contributed by atoms with E-state index in [4.69, 9.17) is 39.5 Å². The van der Waals surface area contributed by atoms with Gasteiger partial charge in [-0.2, -0.15) is 0 Å². The van der Waals surface area contributed by atoms with Gasteiger partial charge in [0.05, 0.1) is 30.6 Å². The summed E-state index contributed by atoms with van der Waals surface area (Å²) >= 11 is 0. The molecule has 0 aliphatic rings. The van der Waals surface area contributed by atoms with Crippen LogP contribution in [0.2, 0.25) is 0 Å². The van der Waals surface area contributed by atoms with Gasteiger partial charge in [0.15, 0.2) is 11.9 Å². The number of fused-ring (bicyclic) bond motifs is 1. The fourth-order valence-corrected chi connectivity index (χ4v) is 12.0. The zero-order chi connectivity index (χ0) is 83.1. The van der Waals surface area contributed by atoms with E-state index in [0.29, 0.717) is 33.3 Å². The van der Waals surface area contributed by atoms with Gasteiger partial charge < -0.3 is 123 Å². The van der Waals surface area contributed by atoms with Gasteiger partial charge in [0, 0.05) is 75.5 Å². The Kier molecular flexibility index (Phi) is 35.7. The molecule has 2 aromatic heterocycles. The lowest BCUT2D eigenvalue weighted by Gasteiger charge is -2.33. The topological polar surface area (TPSA) is 652 Å². The van der Waals surface area contributed by atoms with Crippen LogP contribution in [0, 0.1) is 22.7 Å². The number of likely N-dealkylation sites (N-methyl/N-ethyl adjacent to an activating group) is 2. The molecule has 29 N–H and O–H groups in total. The second-order valence-corrected chi connectivity index (χ2v) is 27.9. The molecule has 112 heavy (non-hydrogen) atoms. The number of H-pyrrole nitrogens is 2. The third kappa shape index (κ3) is 29.5. The number of para-hydroxylation sites is 1. The van der Waals surface area contributed by atoms with E-state index < -0.39 is 186 Å². The molecule has 0 saturated heterocycles. The number of aromatic nitrogens is 3. The van der Waals surface area contributed by atoms with Gasteiger partial charge in [-0.1, -0.05) is 70.2 Å². The number of nitrogens with zero attached hydrogens (tertiary/aromatic N) is 2. The first-order valence-corrected chi connectivity index (χ1v) is 36.4. The third-order valence-electron chi connectivity index (χ3n) is 18.1. The molecule has 2 heterocycles. The van der Waals surface area contributed by atoms with Crippen LogP contribution in [0.15, 0.2) is 91.5 Å². The molecule has 0 saturated carbocycles. The first kappa shape index (κ1) is 90.2. The fraction of sp³-hybridized carbons (Fsp3) is 0.479. The quantitative estimate of drug-likeness (QED) is 0.00993. The van der Waals surface area contributed by atoms with Crippen LogP contribution in [0.1, 0.15) is 108 Å². The summed E-state index contributed by atoms with van der Waals surface area (Å²) in [6.07, 6.45) is 0.140. The number of nitrogens with one attached hydrogen (secondary N) is 16. The summed E-state index contributed by atoms with van der Waals surface area (Å²) < 4.78 is 0. The molecule has 0 aliphatic heterocycles. The number of primary amides is 3. The van der Waals surface area contributed by atoms with E-state index in [2.05, 4.69) is 78.8 Å². The molecule has 0 aliphatic carbocycles. The Morgan fingerprint density at radius 2 is 0.991 bits per heavy atom. The van der Waals surface area contributed by atoms with Crippen molar-refractivity contribution in [3.8, 4) is 11.5 Å². The average molecular weight is 1560 g/mol. The highest BCUT2D eigenvalue weighted by Gasteiger charge is 2.40. The predicted molar refractivity (Wildman–Crippen MR) is 410 cm³/mol. The maximum atomic E-state index is 15.0. The highest BCUT2D eigenvalue weighted by Crippen LogP contribution is 2.22. The number of phenols is 2. The Bertz CT molecular complexity index is 4060. The van der Waals surface area contributed by atoms with Crippen LogP contribution < -0.4 is 92.5 Å². The zero-order valence-corrected chi connectivity index (χ0v) is 63.6. The van der Waals surface area contributed by atoms with Crippen LogP contribution in [0.3, 0.4) is 0 Å². The SMILES string of the molecule is CN[C@@H](Cc1c[nH]cn1)C(=O)N[C@@H](Cc1ccc(O)cc1)C(=O)N[C@@H](CC(C)C)C(=O)N[C@@H](CC(N)=O)C(=O)N[C@@H](Cc1c[nH]c2ccccc12)C(=O)N[C@H](C(=O)N[C@H](C(=O)N[C@@H](CCCNC(=N)N)C(=O)N[C@@H](CCC(N)=O)C(=O)N(C)[C@@H](CCCNC(=N)N)C(=O)N[C@@H](Cc1ccc(O)cc1)C(N)=O)[C@@H](C)O)C(C)C. The summed E-state index contributed by atoms with van der Waals surface area (Å²) in [5.41, 5.74) is 30.6. The summed E-state index contributed by atoms with van der Waals surface area (Å²) in [6.45, 7) is 7.65. The summed E-state index contributed by atoms with van der Waals surface area (Å²) in [5, 5.41) is 78.3. The monoisotopic (exact) mass is 1560 g/mol. The first-order valence-electron chi connectivity index (χ1n) is 36.4. The molecule has 5 rings (SSSR count). The summed E-state index contributed by atoms with van der Waals surface area (Å²) in [4.78, 5) is 195. The third-order valence-corrected chi connectivity index (χ3v) is 18.1. The number of nitrogens with two attached hydrogens (primary N) is 5. The number of amides is 13. The maximum Gasteiger partial charge on any atom is 0.245 e. The Hall–Kier alpha value is -12.4. The molecule has 12 atom stereocenters. The van der Waals surface area contributed by atoms with E-state index in [-0.39, 0.29) is 88.3 Å². The van der Waals surface area contributed by atoms with Gasteiger partial charge in [0.2, 0.25) is 76.8 Å². The molecule has 0 radical (unpaired) electrons. The minimum Gasteiger partial charge on any atom is -0.508 e.